The summed E-state index contributed by atoms with van der Waals surface area (Å²) < 4.78 is 40.0. The van der Waals surface area contributed by atoms with Crippen molar-refractivity contribution >= 4 is 6.29 Å². The first-order valence-electron chi connectivity index (χ1n) is 3.13. The van der Waals surface area contributed by atoms with E-state index in [9.17, 15) is 18.0 Å². The highest BCUT2D eigenvalue weighted by atomic mass is 19.4. The van der Waals surface area contributed by atoms with Crippen LogP contribution in [0.3, 0.4) is 0 Å². The fraction of sp³-hybridized carbons (Fsp3) is 0.833. The lowest BCUT2D eigenvalue weighted by atomic mass is 10.0. The fourth-order valence-corrected chi connectivity index (χ4v) is 0.710. The van der Waals surface area contributed by atoms with Crippen molar-refractivity contribution in [3.63, 3.8) is 0 Å². The van der Waals surface area contributed by atoms with E-state index in [4.69, 9.17) is 5.11 Å². The second-order valence-electron chi connectivity index (χ2n) is 2.16. The molecule has 6 heteroatoms. The van der Waals surface area contributed by atoms with Crippen LogP contribution in [0.1, 0.15) is 0 Å². The molecular weight excluding hydrogens is 177 g/mol. The maximum absolute atomic E-state index is 11.9. The van der Waals surface area contributed by atoms with Crippen LogP contribution < -0.4 is 0 Å². The number of hydrogen-bond acceptors (Lipinski definition) is 3. The van der Waals surface area contributed by atoms with Crippen LogP contribution in [0, 0.1) is 5.92 Å². The summed E-state index contributed by atoms with van der Waals surface area (Å²) in [5.74, 6) is -2.26. The first kappa shape index (κ1) is 11.4. The van der Waals surface area contributed by atoms with Crippen molar-refractivity contribution < 1.29 is 27.8 Å². The second kappa shape index (κ2) is 4.42. The number of alkyl halides is 3. The molecule has 0 heterocycles. The first-order valence-corrected chi connectivity index (χ1v) is 3.13. The van der Waals surface area contributed by atoms with E-state index in [1.54, 1.807) is 0 Å². The monoisotopic (exact) mass is 186 g/mol. The Labute approximate surface area is 67.1 Å². The van der Waals surface area contributed by atoms with Crippen molar-refractivity contribution in [3.8, 4) is 0 Å². The Kier molecular flexibility index (Phi) is 4.19. The Balaban J connectivity index is 4.41. The Morgan fingerprint density at radius 2 is 2.08 bits per heavy atom. The van der Waals surface area contributed by atoms with Gasteiger partial charge in [-0.15, -0.1) is 0 Å². The maximum Gasteiger partial charge on any atom is 0.400 e. The van der Waals surface area contributed by atoms with Gasteiger partial charge >= 0.3 is 6.18 Å². The molecule has 0 aliphatic rings. The molecule has 0 rings (SSSR count). The number of aldehydes is 1. The summed E-state index contributed by atoms with van der Waals surface area (Å²) in [6.45, 7) is -0.834. The summed E-state index contributed by atoms with van der Waals surface area (Å²) in [6, 6.07) is 0. The third kappa shape index (κ3) is 2.78. The first-order chi connectivity index (χ1) is 5.47. The number of rotatable bonds is 4. The molecule has 2 atom stereocenters. The molecule has 1 N–H and O–H groups in total. The number of aliphatic hydroxyl groups is 1. The average molecular weight is 186 g/mol. The lowest BCUT2D eigenvalue weighted by molar-refractivity contribution is -0.201. The van der Waals surface area contributed by atoms with Crippen LogP contribution >= 0.6 is 0 Å². The van der Waals surface area contributed by atoms with Gasteiger partial charge in [-0.3, -0.25) is 0 Å². The second-order valence-corrected chi connectivity index (χ2v) is 2.16. The van der Waals surface area contributed by atoms with Crippen molar-refractivity contribution in [1.82, 2.24) is 0 Å². The Morgan fingerprint density at radius 3 is 2.17 bits per heavy atom. The third-order valence-electron chi connectivity index (χ3n) is 1.41. The van der Waals surface area contributed by atoms with Gasteiger partial charge in [-0.25, -0.2) is 0 Å². The highest BCUT2D eigenvalue weighted by Gasteiger charge is 2.44. The van der Waals surface area contributed by atoms with Crippen molar-refractivity contribution in [1.29, 1.82) is 0 Å². The Hall–Kier alpha value is -0.620. The van der Waals surface area contributed by atoms with E-state index in [1.807, 2.05) is 0 Å². The lowest BCUT2D eigenvalue weighted by Crippen LogP contribution is -2.38. The Bertz CT molecular complexity index is 141. The van der Waals surface area contributed by atoms with Gasteiger partial charge in [0.25, 0.3) is 0 Å². The predicted octanol–water partition coefficient (Wildman–Crippen LogP) is 0.371. The molecular formula is C6H9F3O3. The zero-order chi connectivity index (χ0) is 9.78. The zero-order valence-corrected chi connectivity index (χ0v) is 6.34. The van der Waals surface area contributed by atoms with E-state index in [-0.39, 0.29) is 6.29 Å². The molecule has 0 aliphatic carbocycles. The summed E-state index contributed by atoms with van der Waals surface area (Å²) in [6.07, 6.45) is -6.45. The van der Waals surface area contributed by atoms with Crippen LogP contribution in [0.25, 0.3) is 0 Å². The van der Waals surface area contributed by atoms with Gasteiger partial charge in [0.05, 0.1) is 12.7 Å². The maximum atomic E-state index is 11.9. The largest absolute Gasteiger partial charge is 0.400 e. The summed E-state index contributed by atoms with van der Waals surface area (Å²) >= 11 is 0. The number of aliphatic hydroxyl groups excluding tert-OH is 1. The Morgan fingerprint density at radius 1 is 1.58 bits per heavy atom. The highest BCUT2D eigenvalue weighted by Crippen LogP contribution is 2.28. The number of halogens is 3. The van der Waals surface area contributed by atoms with Gasteiger partial charge in [-0.1, -0.05) is 0 Å². The van der Waals surface area contributed by atoms with Crippen molar-refractivity contribution in [2.24, 2.45) is 5.92 Å². The van der Waals surface area contributed by atoms with Crippen LogP contribution in [0.15, 0.2) is 0 Å². The van der Waals surface area contributed by atoms with Crippen molar-refractivity contribution in [2.75, 3.05) is 13.7 Å². The molecule has 0 amide bonds. The standard InChI is InChI=1S/C6H9F3O3/c1-12-5(3-11)4(2-10)6(7,8)9/h2,4-5,11H,3H2,1H3/t4-,5+/m0/s1. The third-order valence-corrected chi connectivity index (χ3v) is 1.41. The molecule has 0 aromatic carbocycles. The molecule has 0 bridgehead atoms. The summed E-state index contributed by atoms with van der Waals surface area (Å²) in [4.78, 5) is 10.00. The lowest BCUT2D eigenvalue weighted by Gasteiger charge is -2.21. The molecule has 0 saturated heterocycles. The van der Waals surface area contributed by atoms with Crippen LogP contribution in [0.4, 0.5) is 13.2 Å². The summed E-state index contributed by atoms with van der Waals surface area (Å²) in [7, 11) is 1.00. The van der Waals surface area contributed by atoms with Crippen molar-refractivity contribution in [3.05, 3.63) is 0 Å². The van der Waals surface area contributed by atoms with E-state index in [0.29, 0.717) is 0 Å². The minimum atomic E-state index is -4.66. The van der Waals surface area contributed by atoms with Crippen LogP contribution in [-0.2, 0) is 9.53 Å². The van der Waals surface area contributed by atoms with Gasteiger partial charge in [-0.05, 0) is 0 Å². The molecule has 0 saturated carbocycles. The molecule has 0 aromatic heterocycles. The molecule has 0 unspecified atom stereocenters. The average Bonchev–Trinajstić information content (AvgIpc) is 1.97. The van der Waals surface area contributed by atoms with Crippen LogP contribution in [-0.4, -0.2) is 37.4 Å². The smallest absolute Gasteiger partial charge is 0.394 e. The van der Waals surface area contributed by atoms with Gasteiger partial charge in [-0.2, -0.15) is 13.2 Å². The molecule has 0 spiro atoms. The number of hydrogen-bond donors (Lipinski definition) is 1. The summed E-state index contributed by atoms with van der Waals surface area (Å²) in [5, 5.41) is 8.41. The van der Waals surface area contributed by atoms with Gasteiger partial charge in [0.1, 0.15) is 12.2 Å². The highest BCUT2D eigenvalue weighted by molar-refractivity contribution is 5.55. The van der Waals surface area contributed by atoms with Crippen molar-refractivity contribution in [2.45, 2.75) is 12.3 Å². The molecule has 0 radical (unpaired) electrons. The van der Waals surface area contributed by atoms with E-state index >= 15 is 0 Å². The quantitative estimate of drug-likeness (QED) is 0.645. The van der Waals surface area contributed by atoms with Gasteiger partial charge in [0.2, 0.25) is 0 Å². The number of carbonyl (C=O) groups excluding carboxylic acids is 1. The minimum absolute atomic E-state index is 0.273. The van der Waals surface area contributed by atoms with E-state index < -0.39 is 24.8 Å². The van der Waals surface area contributed by atoms with Crippen LogP contribution in [0.5, 0.6) is 0 Å². The van der Waals surface area contributed by atoms with E-state index in [1.165, 1.54) is 0 Å². The van der Waals surface area contributed by atoms with Gasteiger partial charge in [0, 0.05) is 7.11 Å². The fourth-order valence-electron chi connectivity index (χ4n) is 0.710. The SMILES string of the molecule is CO[C@H](CO)[C@H](C=O)C(F)(F)F. The number of ether oxygens (including phenoxy) is 1. The van der Waals surface area contributed by atoms with Gasteiger partial charge < -0.3 is 14.6 Å². The number of carbonyl (C=O) groups is 1. The van der Waals surface area contributed by atoms with E-state index in [0.717, 1.165) is 7.11 Å². The minimum Gasteiger partial charge on any atom is -0.394 e. The van der Waals surface area contributed by atoms with E-state index in [2.05, 4.69) is 4.74 Å². The molecule has 72 valence electrons. The molecule has 0 aliphatic heterocycles. The zero-order valence-electron chi connectivity index (χ0n) is 6.34. The van der Waals surface area contributed by atoms with Gasteiger partial charge in [0.15, 0.2) is 0 Å². The molecule has 12 heavy (non-hydrogen) atoms. The molecule has 0 aromatic rings. The molecule has 3 nitrogen and oxygen atoms in total. The number of methoxy groups -OCH3 is 1. The molecule has 0 fully saturated rings. The topological polar surface area (TPSA) is 46.5 Å². The predicted molar refractivity (Wildman–Crippen MR) is 33.5 cm³/mol. The normalized spacial score (nSPS) is 17.1. The van der Waals surface area contributed by atoms with Crippen LogP contribution in [0.2, 0.25) is 0 Å². The summed E-state index contributed by atoms with van der Waals surface area (Å²) in [5.41, 5.74) is 0.